The summed E-state index contributed by atoms with van der Waals surface area (Å²) in [5.74, 6) is 1.12. The average molecular weight is 421 g/mol. The molecule has 7 nitrogen and oxygen atoms in total. The standard InChI is InChI=1S/C19H20N6O.2ClH/c1-12-17(19(26)24-10-14-8-20-9-15(14)11-24)22-23-25(12)16-6-2-4-13-5-3-7-21-18(13)16;;/h2-7,14-15,20H,8-11H2,1H3;2*1H/t14-,15+;;. The Morgan fingerprint density at radius 3 is 2.57 bits per heavy atom. The zero-order chi connectivity index (χ0) is 17.7. The van der Waals surface area contributed by atoms with Gasteiger partial charge in [-0.1, -0.05) is 23.4 Å². The van der Waals surface area contributed by atoms with Gasteiger partial charge < -0.3 is 10.2 Å². The predicted octanol–water partition coefficient (Wildman–Crippen LogP) is 2.26. The smallest absolute Gasteiger partial charge is 0.276 e. The first-order valence-corrected chi connectivity index (χ1v) is 8.99. The SMILES string of the molecule is Cc1c(C(=O)N2C[C@H]3CNC[C@H]3C2)nnn1-c1cccc2cccnc12.Cl.Cl. The van der Waals surface area contributed by atoms with Crippen LogP contribution in [0.5, 0.6) is 0 Å². The molecule has 2 saturated heterocycles. The van der Waals surface area contributed by atoms with Crippen molar-refractivity contribution in [3.63, 3.8) is 0 Å². The van der Waals surface area contributed by atoms with Gasteiger partial charge in [0.05, 0.1) is 16.9 Å². The fourth-order valence-corrected chi connectivity index (χ4v) is 4.19. The largest absolute Gasteiger partial charge is 0.337 e. The van der Waals surface area contributed by atoms with Crippen LogP contribution >= 0.6 is 24.8 Å². The Bertz CT molecular complexity index is 990. The predicted molar refractivity (Wildman–Crippen MR) is 112 cm³/mol. The molecule has 0 saturated carbocycles. The van der Waals surface area contributed by atoms with Gasteiger partial charge in [0, 0.05) is 37.8 Å². The van der Waals surface area contributed by atoms with Crippen molar-refractivity contribution >= 4 is 41.6 Å². The number of rotatable bonds is 2. The lowest BCUT2D eigenvalue weighted by Crippen LogP contribution is -2.32. The molecule has 0 unspecified atom stereocenters. The van der Waals surface area contributed by atoms with Gasteiger partial charge in [0.15, 0.2) is 5.69 Å². The monoisotopic (exact) mass is 420 g/mol. The van der Waals surface area contributed by atoms with Crippen LogP contribution in [0.15, 0.2) is 36.5 Å². The number of para-hydroxylation sites is 1. The molecule has 2 atom stereocenters. The molecule has 28 heavy (non-hydrogen) atoms. The number of carbonyl (C=O) groups is 1. The summed E-state index contributed by atoms with van der Waals surface area (Å²) in [5.41, 5.74) is 2.88. The first-order chi connectivity index (χ1) is 12.7. The van der Waals surface area contributed by atoms with Crippen LogP contribution in [-0.4, -0.2) is 57.0 Å². The molecule has 0 spiro atoms. The summed E-state index contributed by atoms with van der Waals surface area (Å²) in [5, 5.41) is 12.9. The molecule has 5 rings (SSSR count). The van der Waals surface area contributed by atoms with Crippen molar-refractivity contribution in [2.75, 3.05) is 26.2 Å². The Hall–Kier alpha value is -2.22. The third kappa shape index (κ3) is 3.23. The molecule has 4 heterocycles. The normalized spacial score (nSPS) is 20.5. The molecule has 148 valence electrons. The lowest BCUT2D eigenvalue weighted by Gasteiger charge is -2.16. The van der Waals surface area contributed by atoms with Crippen LogP contribution in [0.25, 0.3) is 16.6 Å². The minimum Gasteiger partial charge on any atom is -0.337 e. The summed E-state index contributed by atoms with van der Waals surface area (Å²) in [6.45, 7) is 5.51. The van der Waals surface area contributed by atoms with Crippen molar-refractivity contribution in [2.45, 2.75) is 6.92 Å². The molecule has 1 N–H and O–H groups in total. The van der Waals surface area contributed by atoms with Crippen LogP contribution in [0.3, 0.4) is 0 Å². The van der Waals surface area contributed by atoms with Crippen molar-refractivity contribution in [3.8, 4) is 5.69 Å². The first-order valence-electron chi connectivity index (χ1n) is 8.99. The number of nitrogens with one attached hydrogen (secondary N) is 1. The Balaban J connectivity index is 0.00000112. The average Bonchev–Trinajstić information content (AvgIpc) is 3.35. The van der Waals surface area contributed by atoms with Crippen LogP contribution in [-0.2, 0) is 0 Å². The number of halogens is 2. The van der Waals surface area contributed by atoms with Gasteiger partial charge in [0.25, 0.3) is 5.91 Å². The maximum absolute atomic E-state index is 13.0. The number of benzene rings is 1. The molecule has 0 aliphatic carbocycles. The van der Waals surface area contributed by atoms with Crippen molar-refractivity contribution in [3.05, 3.63) is 47.9 Å². The van der Waals surface area contributed by atoms with Gasteiger partial charge in [0.2, 0.25) is 0 Å². The molecule has 9 heteroatoms. The van der Waals surface area contributed by atoms with E-state index in [4.69, 9.17) is 0 Å². The Morgan fingerprint density at radius 2 is 1.82 bits per heavy atom. The van der Waals surface area contributed by atoms with E-state index in [0.717, 1.165) is 48.5 Å². The molecule has 1 amide bonds. The lowest BCUT2D eigenvalue weighted by molar-refractivity contribution is 0.0775. The Kier molecular flexibility index (Phi) is 5.88. The number of likely N-dealkylation sites (tertiary alicyclic amines) is 1. The number of hydrogen-bond acceptors (Lipinski definition) is 5. The lowest BCUT2D eigenvalue weighted by atomic mass is 10.0. The van der Waals surface area contributed by atoms with Crippen LogP contribution in [0.4, 0.5) is 0 Å². The van der Waals surface area contributed by atoms with Crippen LogP contribution in [0, 0.1) is 18.8 Å². The van der Waals surface area contributed by atoms with Gasteiger partial charge in [-0.15, -0.1) is 29.9 Å². The molecule has 0 bridgehead atoms. The summed E-state index contributed by atoms with van der Waals surface area (Å²) in [4.78, 5) is 19.4. The van der Waals surface area contributed by atoms with E-state index >= 15 is 0 Å². The molecule has 2 aromatic heterocycles. The minimum absolute atomic E-state index is 0. The van der Waals surface area contributed by atoms with Gasteiger partial charge >= 0.3 is 0 Å². The maximum Gasteiger partial charge on any atom is 0.276 e. The summed E-state index contributed by atoms with van der Waals surface area (Å²) in [6.07, 6.45) is 1.77. The maximum atomic E-state index is 13.0. The molecule has 2 aliphatic rings. The van der Waals surface area contributed by atoms with Crippen LogP contribution in [0.2, 0.25) is 0 Å². The number of pyridine rings is 1. The zero-order valence-corrected chi connectivity index (χ0v) is 17.0. The van der Waals surface area contributed by atoms with E-state index in [0.29, 0.717) is 17.5 Å². The van der Waals surface area contributed by atoms with E-state index in [2.05, 4.69) is 20.6 Å². The highest BCUT2D eigenvalue weighted by molar-refractivity contribution is 5.94. The second-order valence-corrected chi connectivity index (χ2v) is 7.18. The summed E-state index contributed by atoms with van der Waals surface area (Å²) < 4.78 is 1.72. The van der Waals surface area contributed by atoms with E-state index in [9.17, 15) is 4.79 Å². The van der Waals surface area contributed by atoms with Gasteiger partial charge in [0.1, 0.15) is 0 Å². The van der Waals surface area contributed by atoms with Crippen molar-refractivity contribution < 1.29 is 4.79 Å². The fraction of sp³-hybridized carbons (Fsp3) is 0.368. The highest BCUT2D eigenvalue weighted by Crippen LogP contribution is 2.28. The number of carbonyl (C=O) groups excluding carboxylic acids is 1. The third-order valence-electron chi connectivity index (χ3n) is 5.61. The summed E-state index contributed by atoms with van der Waals surface area (Å²) in [7, 11) is 0. The molecule has 1 aromatic carbocycles. The van der Waals surface area contributed by atoms with Crippen molar-refractivity contribution in [1.82, 2.24) is 30.2 Å². The van der Waals surface area contributed by atoms with Gasteiger partial charge in [-0.05, 0) is 30.9 Å². The fourth-order valence-electron chi connectivity index (χ4n) is 4.19. The topological polar surface area (TPSA) is 75.9 Å². The van der Waals surface area contributed by atoms with Crippen molar-refractivity contribution in [1.29, 1.82) is 0 Å². The second kappa shape index (κ2) is 8.03. The number of hydrogen-bond donors (Lipinski definition) is 1. The van der Waals surface area contributed by atoms with E-state index < -0.39 is 0 Å². The molecule has 0 radical (unpaired) electrons. The van der Waals surface area contributed by atoms with Gasteiger partial charge in [-0.3, -0.25) is 9.78 Å². The molecule has 2 aliphatic heterocycles. The van der Waals surface area contributed by atoms with Gasteiger partial charge in [-0.2, -0.15) is 0 Å². The number of aromatic nitrogens is 4. The van der Waals surface area contributed by atoms with Crippen molar-refractivity contribution in [2.24, 2.45) is 11.8 Å². The molecule has 2 fully saturated rings. The van der Waals surface area contributed by atoms with Crippen LogP contribution < -0.4 is 5.32 Å². The van der Waals surface area contributed by atoms with Gasteiger partial charge in [-0.25, -0.2) is 4.68 Å². The zero-order valence-electron chi connectivity index (χ0n) is 15.4. The minimum atomic E-state index is -0.0173. The second-order valence-electron chi connectivity index (χ2n) is 7.18. The number of fused-ring (bicyclic) bond motifs is 2. The summed E-state index contributed by atoms with van der Waals surface area (Å²) >= 11 is 0. The third-order valence-corrected chi connectivity index (χ3v) is 5.61. The number of nitrogens with zero attached hydrogens (tertiary/aromatic N) is 5. The number of amides is 1. The Morgan fingerprint density at radius 1 is 1.11 bits per heavy atom. The first kappa shape index (κ1) is 20.5. The summed E-state index contributed by atoms with van der Waals surface area (Å²) in [6, 6.07) is 9.87. The molecular weight excluding hydrogens is 399 g/mol. The Labute approximate surface area is 175 Å². The molecular formula is C19H22Cl2N6O. The quantitative estimate of drug-likeness (QED) is 0.687. The van der Waals surface area contributed by atoms with E-state index in [-0.39, 0.29) is 30.7 Å². The van der Waals surface area contributed by atoms with Crippen LogP contribution in [0.1, 0.15) is 16.2 Å². The van der Waals surface area contributed by atoms with E-state index in [1.54, 1.807) is 10.9 Å². The highest BCUT2D eigenvalue weighted by atomic mass is 35.5. The van der Waals surface area contributed by atoms with E-state index in [1.165, 1.54) is 0 Å². The molecule has 3 aromatic rings. The van der Waals surface area contributed by atoms with E-state index in [1.807, 2.05) is 42.2 Å². The highest BCUT2D eigenvalue weighted by Gasteiger charge is 2.39.